The van der Waals surface area contributed by atoms with Crippen molar-refractivity contribution in [1.82, 2.24) is 4.89 Å². The molecule has 0 saturated carbocycles. The van der Waals surface area contributed by atoms with Crippen molar-refractivity contribution >= 4 is 22.2 Å². The first kappa shape index (κ1) is 16.6. The maximum Gasteiger partial charge on any atom is 0.426 e. The molecule has 0 saturated heterocycles. The van der Waals surface area contributed by atoms with Gasteiger partial charge in [-0.1, -0.05) is 35.2 Å². The third kappa shape index (κ3) is 4.93. The van der Waals surface area contributed by atoms with Crippen molar-refractivity contribution in [3.63, 3.8) is 0 Å². The molecule has 0 aliphatic carbocycles. The van der Waals surface area contributed by atoms with E-state index >= 15 is 0 Å². The van der Waals surface area contributed by atoms with Crippen LogP contribution >= 0.6 is 11.3 Å². The van der Waals surface area contributed by atoms with Crippen molar-refractivity contribution in [1.29, 1.82) is 0 Å². The quantitative estimate of drug-likeness (QED) is 0.587. The molecule has 0 unspecified atom stereocenters. The zero-order valence-electron chi connectivity index (χ0n) is 9.79. The number of hydrogen-bond donors (Lipinski definition) is 3. The van der Waals surface area contributed by atoms with Gasteiger partial charge in [-0.05, 0) is 17.0 Å². The molecule has 1 heterocycles. The zero-order chi connectivity index (χ0) is 15.2. The Kier molecular flexibility index (Phi) is 6.14. The molecule has 0 amide bonds. The standard InChI is InChI=1S/C11H7F3S.H3NO3S/c12-11(13,14)10-9(6-7-15-10)8-4-2-1-3-5-8;2-1-5(3)4/h1-7H;2,5H,(H,1,3,4). The van der Waals surface area contributed by atoms with E-state index in [0.717, 1.165) is 16.2 Å². The van der Waals surface area contributed by atoms with E-state index in [-0.39, 0.29) is 5.56 Å². The van der Waals surface area contributed by atoms with Crippen LogP contribution < -0.4 is 4.89 Å². The van der Waals surface area contributed by atoms with E-state index < -0.39 is 21.9 Å². The molecule has 9 heteroatoms. The van der Waals surface area contributed by atoms with Crippen LogP contribution in [0.1, 0.15) is 4.88 Å². The Labute approximate surface area is 118 Å². The van der Waals surface area contributed by atoms with Crippen LogP contribution in [0, 0.1) is 0 Å². The van der Waals surface area contributed by atoms with E-state index in [1.54, 1.807) is 30.3 Å². The second kappa shape index (κ2) is 7.39. The second-order valence-corrected chi connectivity index (χ2v) is 5.01. The molecule has 20 heavy (non-hydrogen) atoms. The lowest BCUT2D eigenvalue weighted by molar-refractivity contribution is -0.133. The maximum atomic E-state index is 12.6. The summed E-state index contributed by atoms with van der Waals surface area (Å²) in [5.74, 6) is 0. The topological polar surface area (TPSA) is 66.4 Å². The molecule has 0 fully saturated rings. The van der Waals surface area contributed by atoms with Crippen LogP contribution in [0.4, 0.5) is 13.2 Å². The van der Waals surface area contributed by atoms with Gasteiger partial charge in [0, 0.05) is 5.56 Å². The van der Waals surface area contributed by atoms with E-state index in [4.69, 9.17) is 13.6 Å². The van der Waals surface area contributed by atoms with Gasteiger partial charge in [-0.3, -0.25) is 0 Å². The van der Waals surface area contributed by atoms with Crippen LogP contribution in [0.3, 0.4) is 0 Å². The molecule has 0 spiro atoms. The Morgan fingerprint density at radius 2 is 1.65 bits per heavy atom. The third-order valence-electron chi connectivity index (χ3n) is 2.09. The van der Waals surface area contributed by atoms with Crippen LogP contribution in [0.5, 0.6) is 0 Å². The van der Waals surface area contributed by atoms with Crippen molar-refractivity contribution in [2.24, 2.45) is 0 Å². The largest absolute Gasteiger partial charge is 0.426 e. The molecule has 0 aliphatic rings. The number of nitrogens with one attached hydrogen (secondary N) is 1. The number of halogens is 3. The lowest BCUT2D eigenvalue weighted by atomic mass is 10.1. The summed E-state index contributed by atoms with van der Waals surface area (Å²) < 4.78 is 55.8. The lowest BCUT2D eigenvalue weighted by Crippen LogP contribution is -2.03. The molecule has 2 rings (SSSR count). The highest BCUT2D eigenvalue weighted by Gasteiger charge is 2.34. The molecule has 0 aliphatic heterocycles. The summed E-state index contributed by atoms with van der Waals surface area (Å²) >= 11 is 0.726. The van der Waals surface area contributed by atoms with Gasteiger partial charge in [0.25, 0.3) is 0 Å². The van der Waals surface area contributed by atoms with Gasteiger partial charge in [-0.2, -0.15) is 13.2 Å². The first-order valence-electron chi connectivity index (χ1n) is 5.10. The smallest absolute Gasteiger partial charge is 0.302 e. The van der Waals surface area contributed by atoms with Gasteiger partial charge in [0.05, 0.1) is 0 Å². The number of thiophene rings is 1. The van der Waals surface area contributed by atoms with Gasteiger partial charge in [-0.15, -0.1) is 11.3 Å². The molecular formula is C11H10F3NO3S2. The van der Waals surface area contributed by atoms with Crippen LogP contribution in [-0.4, -0.2) is 13.6 Å². The van der Waals surface area contributed by atoms with Crippen LogP contribution in [0.15, 0.2) is 41.8 Å². The van der Waals surface area contributed by atoms with Gasteiger partial charge < -0.3 is 5.21 Å². The fourth-order valence-corrected chi connectivity index (χ4v) is 2.16. The minimum absolute atomic E-state index is 0.258. The van der Waals surface area contributed by atoms with Crippen LogP contribution in [-0.2, 0) is 17.1 Å². The van der Waals surface area contributed by atoms with Crippen molar-refractivity contribution in [3.8, 4) is 11.1 Å². The molecule has 2 aromatic rings. The lowest BCUT2D eigenvalue weighted by Gasteiger charge is -2.07. The minimum Gasteiger partial charge on any atom is -0.302 e. The number of hydrogen-bond acceptors (Lipinski definition) is 4. The molecule has 1 aromatic carbocycles. The second-order valence-electron chi connectivity index (χ2n) is 3.38. The summed E-state index contributed by atoms with van der Waals surface area (Å²) in [6.45, 7) is 0. The zero-order valence-corrected chi connectivity index (χ0v) is 11.5. The number of thiol groups is 1. The molecule has 0 atom stereocenters. The van der Waals surface area contributed by atoms with Gasteiger partial charge in [0.15, 0.2) is 0 Å². The Hall–Kier alpha value is -1.42. The summed E-state index contributed by atoms with van der Waals surface area (Å²) in [5, 5.41) is 8.76. The normalized spacial score (nSPS) is 11.1. The van der Waals surface area contributed by atoms with E-state index in [9.17, 15) is 13.2 Å². The van der Waals surface area contributed by atoms with Gasteiger partial charge in [0.2, 0.25) is 10.9 Å². The Balaban J connectivity index is 0.000000347. The van der Waals surface area contributed by atoms with Gasteiger partial charge in [-0.25, -0.2) is 8.42 Å². The molecular weight excluding hydrogens is 315 g/mol. The Bertz CT molecular complexity index is 601. The predicted octanol–water partition coefficient (Wildman–Crippen LogP) is 2.93. The molecule has 110 valence electrons. The highest BCUT2D eigenvalue weighted by molar-refractivity contribution is 7.70. The van der Waals surface area contributed by atoms with Crippen LogP contribution in [0.2, 0.25) is 0 Å². The van der Waals surface area contributed by atoms with Crippen molar-refractivity contribution in [2.75, 3.05) is 0 Å². The fraction of sp³-hybridized carbons (Fsp3) is 0.0909. The van der Waals surface area contributed by atoms with Crippen molar-refractivity contribution in [2.45, 2.75) is 6.18 Å². The maximum absolute atomic E-state index is 12.6. The van der Waals surface area contributed by atoms with Crippen LogP contribution in [0.25, 0.3) is 11.1 Å². The van der Waals surface area contributed by atoms with E-state index in [2.05, 4.69) is 0 Å². The first-order valence-corrected chi connectivity index (χ1v) is 7.16. The summed E-state index contributed by atoms with van der Waals surface area (Å²) in [5.41, 5.74) is 0.860. The molecule has 1 aromatic heterocycles. The molecule has 4 nitrogen and oxygen atoms in total. The Morgan fingerprint density at radius 1 is 1.10 bits per heavy atom. The summed E-state index contributed by atoms with van der Waals surface area (Å²) in [4.78, 5) is 0.448. The average Bonchev–Trinajstić information content (AvgIpc) is 2.89. The first-order chi connectivity index (χ1) is 9.36. The summed E-state index contributed by atoms with van der Waals surface area (Å²) in [7, 11) is -2.79. The predicted molar refractivity (Wildman–Crippen MR) is 70.0 cm³/mol. The average molecular weight is 325 g/mol. The van der Waals surface area contributed by atoms with Gasteiger partial charge in [0.1, 0.15) is 4.88 Å². The highest BCUT2D eigenvalue weighted by Crippen LogP contribution is 2.40. The fourth-order valence-electron chi connectivity index (χ4n) is 1.37. The summed E-state index contributed by atoms with van der Waals surface area (Å²) in [6.07, 6.45) is -4.26. The van der Waals surface area contributed by atoms with E-state index in [1.165, 1.54) is 11.4 Å². The van der Waals surface area contributed by atoms with Crippen molar-refractivity contribution in [3.05, 3.63) is 46.7 Å². The van der Waals surface area contributed by atoms with E-state index in [0.29, 0.717) is 5.56 Å². The number of rotatable bonds is 2. The third-order valence-corrected chi connectivity index (χ3v) is 3.21. The minimum atomic E-state index is -4.26. The van der Waals surface area contributed by atoms with Crippen molar-refractivity contribution < 1.29 is 26.8 Å². The SMILES string of the molecule is FC(F)(F)c1sccc1-c1ccccc1.O=[SH](=O)NO. The number of alkyl halides is 3. The van der Waals surface area contributed by atoms with E-state index in [1.807, 2.05) is 0 Å². The molecule has 0 bridgehead atoms. The number of benzene rings is 1. The summed E-state index contributed by atoms with van der Waals surface area (Å²) in [6, 6.07) is 10.1. The molecule has 2 N–H and O–H groups in total. The Morgan fingerprint density at radius 3 is 2.10 bits per heavy atom. The molecule has 0 radical (unpaired) electrons. The van der Waals surface area contributed by atoms with Gasteiger partial charge >= 0.3 is 6.18 Å². The monoisotopic (exact) mass is 325 g/mol. The highest BCUT2D eigenvalue weighted by atomic mass is 32.2.